The summed E-state index contributed by atoms with van der Waals surface area (Å²) in [4.78, 5) is 36.9. The number of nitro benzene ring substituents is 2. The Kier molecular flexibility index (Phi) is 6.28. The molecule has 0 saturated heterocycles. The first kappa shape index (κ1) is 20.8. The molecule has 0 aromatic heterocycles. The van der Waals surface area contributed by atoms with Crippen LogP contribution in [0.5, 0.6) is 5.75 Å². The lowest BCUT2D eigenvalue weighted by Crippen LogP contribution is -2.09. The van der Waals surface area contributed by atoms with Crippen molar-refractivity contribution in [1.82, 2.24) is 0 Å². The van der Waals surface area contributed by atoms with Gasteiger partial charge in [0.1, 0.15) is 5.75 Å². The van der Waals surface area contributed by atoms with Gasteiger partial charge in [-0.15, -0.1) is 0 Å². The van der Waals surface area contributed by atoms with E-state index >= 15 is 0 Å². The monoisotopic (exact) mass is 469 g/mol. The van der Waals surface area contributed by atoms with Gasteiger partial charge in [0, 0.05) is 22.8 Å². The molecule has 3 rings (SSSR count). The van der Waals surface area contributed by atoms with Crippen LogP contribution < -0.4 is 4.74 Å². The van der Waals surface area contributed by atoms with E-state index in [2.05, 4.69) is 20.9 Å². The first-order valence-corrected chi connectivity index (χ1v) is 9.17. The number of benzene rings is 3. The maximum absolute atomic E-state index is 12.3. The summed E-state index contributed by atoms with van der Waals surface area (Å²) in [7, 11) is 0. The summed E-state index contributed by atoms with van der Waals surface area (Å²) in [6, 6.07) is 16.4. The van der Waals surface area contributed by atoms with Gasteiger partial charge in [0.15, 0.2) is 0 Å². The molecular weight excluding hydrogens is 458 g/mol. The summed E-state index contributed by atoms with van der Waals surface area (Å²) in [5.74, 6) is -0.772. The second-order valence-corrected chi connectivity index (χ2v) is 6.86. The standard InChI is InChI=1S/C20H12BrN3O6/c21-15-2-1-3-16(10-15)22-12-13-4-6-19(7-5-13)30-20(25)14-8-17(23(26)27)11-18(9-14)24(28)29/h1-12H. The Hall–Kier alpha value is -3.92. The van der Waals surface area contributed by atoms with E-state index in [0.717, 1.165) is 33.9 Å². The Balaban J connectivity index is 1.74. The van der Waals surface area contributed by atoms with Gasteiger partial charge in [0.2, 0.25) is 0 Å². The molecular formula is C20H12BrN3O6. The molecule has 0 amide bonds. The van der Waals surface area contributed by atoms with Crippen molar-refractivity contribution in [3.8, 4) is 5.75 Å². The highest BCUT2D eigenvalue weighted by molar-refractivity contribution is 9.10. The number of non-ortho nitro benzene ring substituents is 2. The van der Waals surface area contributed by atoms with E-state index in [1.807, 2.05) is 24.3 Å². The van der Waals surface area contributed by atoms with Crippen LogP contribution in [0.2, 0.25) is 0 Å². The highest BCUT2D eigenvalue weighted by Crippen LogP contribution is 2.24. The largest absolute Gasteiger partial charge is 0.423 e. The zero-order valence-electron chi connectivity index (χ0n) is 15.1. The summed E-state index contributed by atoms with van der Waals surface area (Å²) in [6.45, 7) is 0. The predicted molar refractivity (Wildman–Crippen MR) is 113 cm³/mol. The Bertz CT molecular complexity index is 1130. The summed E-state index contributed by atoms with van der Waals surface area (Å²) >= 11 is 3.37. The lowest BCUT2D eigenvalue weighted by molar-refractivity contribution is -0.394. The van der Waals surface area contributed by atoms with E-state index < -0.39 is 27.2 Å². The zero-order chi connectivity index (χ0) is 21.7. The number of nitrogens with zero attached hydrogens (tertiary/aromatic N) is 3. The van der Waals surface area contributed by atoms with Crippen LogP contribution >= 0.6 is 15.9 Å². The van der Waals surface area contributed by atoms with Crippen molar-refractivity contribution < 1.29 is 19.4 Å². The van der Waals surface area contributed by atoms with Gasteiger partial charge in [-0.3, -0.25) is 25.2 Å². The molecule has 10 heteroatoms. The normalized spacial score (nSPS) is 10.7. The van der Waals surface area contributed by atoms with Gasteiger partial charge >= 0.3 is 5.97 Å². The highest BCUT2D eigenvalue weighted by Gasteiger charge is 2.21. The SMILES string of the molecule is O=C(Oc1ccc(C=Nc2cccc(Br)c2)cc1)c1cc([N+](=O)[O-])cc([N+](=O)[O-])c1. The molecule has 0 bridgehead atoms. The molecule has 0 heterocycles. The topological polar surface area (TPSA) is 125 Å². The van der Waals surface area contributed by atoms with Crippen LogP contribution in [0, 0.1) is 20.2 Å². The van der Waals surface area contributed by atoms with Crippen LogP contribution in [0.1, 0.15) is 15.9 Å². The van der Waals surface area contributed by atoms with E-state index in [4.69, 9.17) is 4.74 Å². The van der Waals surface area contributed by atoms with Crippen molar-refractivity contribution in [1.29, 1.82) is 0 Å². The average molecular weight is 470 g/mol. The van der Waals surface area contributed by atoms with Gasteiger partial charge in [0.25, 0.3) is 11.4 Å². The number of carbonyl (C=O) groups is 1. The summed E-state index contributed by atoms with van der Waals surface area (Å²) in [5, 5.41) is 21.9. The van der Waals surface area contributed by atoms with Crippen LogP contribution in [-0.4, -0.2) is 22.0 Å². The van der Waals surface area contributed by atoms with Gasteiger partial charge in [0.05, 0.1) is 27.2 Å². The number of halogens is 1. The molecule has 30 heavy (non-hydrogen) atoms. The van der Waals surface area contributed by atoms with Gasteiger partial charge < -0.3 is 4.74 Å². The van der Waals surface area contributed by atoms with Gasteiger partial charge in [-0.1, -0.05) is 22.0 Å². The van der Waals surface area contributed by atoms with E-state index in [1.165, 1.54) is 12.1 Å². The predicted octanol–water partition coefficient (Wildman–Crippen LogP) is 5.24. The lowest BCUT2D eigenvalue weighted by atomic mass is 10.1. The van der Waals surface area contributed by atoms with E-state index in [1.54, 1.807) is 18.3 Å². The smallest absolute Gasteiger partial charge is 0.344 e. The summed E-state index contributed by atoms with van der Waals surface area (Å²) < 4.78 is 6.07. The molecule has 0 atom stereocenters. The fourth-order valence-corrected chi connectivity index (χ4v) is 2.80. The number of rotatable bonds is 6. The maximum atomic E-state index is 12.3. The van der Waals surface area contributed by atoms with Crippen LogP contribution in [-0.2, 0) is 0 Å². The second kappa shape index (κ2) is 9.05. The summed E-state index contributed by atoms with van der Waals surface area (Å²) in [5.41, 5.74) is 0.0645. The molecule has 0 spiro atoms. The first-order chi connectivity index (χ1) is 14.3. The molecule has 3 aromatic carbocycles. The lowest BCUT2D eigenvalue weighted by Gasteiger charge is -2.05. The van der Waals surface area contributed by atoms with Crippen LogP contribution in [0.15, 0.2) is 76.2 Å². The summed E-state index contributed by atoms with van der Waals surface area (Å²) in [6.07, 6.45) is 1.64. The molecule has 0 fully saturated rings. The number of hydrogen-bond donors (Lipinski definition) is 0. The Morgan fingerprint density at radius 1 is 0.933 bits per heavy atom. The highest BCUT2D eigenvalue weighted by atomic mass is 79.9. The first-order valence-electron chi connectivity index (χ1n) is 8.37. The molecule has 0 radical (unpaired) electrons. The second-order valence-electron chi connectivity index (χ2n) is 5.95. The Morgan fingerprint density at radius 2 is 1.57 bits per heavy atom. The average Bonchev–Trinajstić information content (AvgIpc) is 2.73. The zero-order valence-corrected chi connectivity index (χ0v) is 16.7. The molecule has 0 unspecified atom stereocenters. The minimum atomic E-state index is -0.947. The van der Waals surface area contributed by atoms with Gasteiger partial charge in [-0.05, 0) is 48.0 Å². The van der Waals surface area contributed by atoms with Crippen LogP contribution in [0.4, 0.5) is 17.1 Å². The minimum Gasteiger partial charge on any atom is -0.423 e. The molecule has 0 aliphatic carbocycles. The molecule has 0 saturated carbocycles. The molecule has 0 aliphatic heterocycles. The molecule has 9 nitrogen and oxygen atoms in total. The fraction of sp³-hybridized carbons (Fsp3) is 0. The van der Waals surface area contributed by atoms with Gasteiger partial charge in [-0.2, -0.15) is 0 Å². The molecule has 150 valence electrons. The number of esters is 1. The number of aliphatic imine (C=N–C) groups is 1. The van der Waals surface area contributed by atoms with Crippen molar-refractivity contribution in [3.63, 3.8) is 0 Å². The van der Waals surface area contributed by atoms with Crippen molar-refractivity contribution in [2.75, 3.05) is 0 Å². The van der Waals surface area contributed by atoms with Crippen LogP contribution in [0.25, 0.3) is 0 Å². The van der Waals surface area contributed by atoms with Crippen molar-refractivity contribution in [3.05, 3.63) is 103 Å². The third-order valence-electron chi connectivity index (χ3n) is 3.82. The number of nitro groups is 2. The van der Waals surface area contributed by atoms with Crippen molar-refractivity contribution >= 4 is 45.2 Å². The van der Waals surface area contributed by atoms with E-state index in [9.17, 15) is 25.0 Å². The Morgan fingerprint density at radius 3 is 2.13 bits per heavy atom. The number of ether oxygens (including phenoxy) is 1. The molecule has 3 aromatic rings. The van der Waals surface area contributed by atoms with E-state index in [0.29, 0.717) is 0 Å². The van der Waals surface area contributed by atoms with Crippen molar-refractivity contribution in [2.45, 2.75) is 0 Å². The third kappa shape index (κ3) is 5.32. The molecule has 0 N–H and O–H groups in total. The quantitative estimate of drug-likeness (QED) is 0.160. The van der Waals surface area contributed by atoms with Gasteiger partial charge in [-0.25, -0.2) is 4.79 Å². The Labute approximate surface area is 178 Å². The molecule has 0 aliphatic rings. The van der Waals surface area contributed by atoms with Crippen LogP contribution in [0.3, 0.4) is 0 Å². The number of hydrogen-bond acceptors (Lipinski definition) is 7. The number of carbonyl (C=O) groups excluding carboxylic acids is 1. The minimum absolute atomic E-state index is 0.175. The maximum Gasteiger partial charge on any atom is 0.344 e. The van der Waals surface area contributed by atoms with E-state index in [-0.39, 0.29) is 11.3 Å². The fourth-order valence-electron chi connectivity index (χ4n) is 2.42. The van der Waals surface area contributed by atoms with Crippen molar-refractivity contribution in [2.24, 2.45) is 4.99 Å². The third-order valence-corrected chi connectivity index (χ3v) is 4.31.